The highest BCUT2D eigenvalue weighted by Gasteiger charge is 2.31. The maximum absolute atomic E-state index is 12.6. The number of nitrogens with two attached hydrogens (primary N) is 1. The summed E-state index contributed by atoms with van der Waals surface area (Å²) in [6.45, 7) is 4.25. The molecule has 110 valence electrons. The van der Waals surface area contributed by atoms with E-state index in [1.807, 2.05) is 13.8 Å². The molecule has 1 aromatic carbocycles. The number of nitrogen functional groups attached to an aromatic ring is 1. The molecule has 0 saturated carbocycles. The SMILES string of the molecule is Cc1cc(S(=O)(=O)N2CCN(C)C(=O)C2)cc(N)c1C. The summed E-state index contributed by atoms with van der Waals surface area (Å²) in [5, 5.41) is 0. The number of anilines is 1. The van der Waals surface area contributed by atoms with Crippen molar-refractivity contribution in [3.05, 3.63) is 23.3 Å². The molecule has 20 heavy (non-hydrogen) atoms. The lowest BCUT2D eigenvalue weighted by molar-refractivity contribution is -0.132. The van der Waals surface area contributed by atoms with E-state index in [4.69, 9.17) is 5.73 Å². The van der Waals surface area contributed by atoms with Gasteiger partial charge in [-0.1, -0.05) is 0 Å². The molecule has 0 bridgehead atoms. The largest absolute Gasteiger partial charge is 0.398 e. The minimum Gasteiger partial charge on any atom is -0.398 e. The van der Waals surface area contributed by atoms with Crippen molar-refractivity contribution in [2.75, 3.05) is 32.4 Å². The predicted octanol–water partition coefficient (Wildman–Crippen LogP) is 0.348. The van der Waals surface area contributed by atoms with Crippen LogP contribution in [0.2, 0.25) is 0 Å². The summed E-state index contributed by atoms with van der Waals surface area (Å²) in [6.07, 6.45) is 0. The van der Waals surface area contributed by atoms with E-state index < -0.39 is 10.0 Å². The highest BCUT2D eigenvalue weighted by atomic mass is 32.2. The van der Waals surface area contributed by atoms with Gasteiger partial charge in [0.1, 0.15) is 0 Å². The van der Waals surface area contributed by atoms with Crippen molar-refractivity contribution in [3.8, 4) is 0 Å². The fourth-order valence-corrected chi connectivity index (χ4v) is 3.59. The summed E-state index contributed by atoms with van der Waals surface area (Å²) < 4.78 is 26.3. The Kier molecular flexibility index (Phi) is 3.75. The van der Waals surface area contributed by atoms with Crippen molar-refractivity contribution in [3.63, 3.8) is 0 Å². The molecule has 1 fully saturated rings. The molecule has 0 radical (unpaired) electrons. The van der Waals surface area contributed by atoms with E-state index in [1.165, 1.54) is 15.3 Å². The average molecular weight is 297 g/mol. The van der Waals surface area contributed by atoms with Crippen LogP contribution in [0.1, 0.15) is 11.1 Å². The zero-order valence-corrected chi connectivity index (χ0v) is 12.7. The Bertz CT molecular complexity index is 632. The van der Waals surface area contributed by atoms with Gasteiger partial charge in [-0.2, -0.15) is 4.31 Å². The van der Waals surface area contributed by atoms with Gasteiger partial charge in [0.2, 0.25) is 15.9 Å². The number of amides is 1. The topological polar surface area (TPSA) is 83.7 Å². The van der Waals surface area contributed by atoms with Gasteiger partial charge in [-0.3, -0.25) is 4.79 Å². The lowest BCUT2D eigenvalue weighted by Crippen LogP contribution is -2.50. The molecule has 1 saturated heterocycles. The normalized spacial score (nSPS) is 17.6. The number of aryl methyl sites for hydroxylation is 1. The molecule has 1 heterocycles. The molecule has 0 unspecified atom stereocenters. The standard InChI is InChI=1S/C13H19N3O3S/c1-9-6-11(7-12(14)10(9)2)20(18,19)16-5-4-15(3)13(17)8-16/h6-7H,4-5,8,14H2,1-3H3. The van der Waals surface area contributed by atoms with Gasteiger partial charge in [-0.25, -0.2) is 8.42 Å². The molecule has 2 N–H and O–H groups in total. The summed E-state index contributed by atoms with van der Waals surface area (Å²) in [6, 6.07) is 3.06. The molecule has 6 nitrogen and oxygen atoms in total. The second-order valence-corrected chi connectivity index (χ2v) is 7.05. The van der Waals surface area contributed by atoms with Gasteiger partial charge >= 0.3 is 0 Å². The van der Waals surface area contributed by atoms with E-state index in [0.29, 0.717) is 18.8 Å². The second-order valence-electron chi connectivity index (χ2n) is 5.11. The van der Waals surface area contributed by atoms with Crippen LogP contribution in [0.4, 0.5) is 5.69 Å². The number of benzene rings is 1. The predicted molar refractivity (Wildman–Crippen MR) is 76.7 cm³/mol. The van der Waals surface area contributed by atoms with Crippen molar-refractivity contribution in [2.24, 2.45) is 0 Å². The smallest absolute Gasteiger partial charge is 0.243 e. The fraction of sp³-hybridized carbons (Fsp3) is 0.462. The van der Waals surface area contributed by atoms with E-state index in [2.05, 4.69) is 0 Å². The minimum atomic E-state index is -3.67. The first-order valence-electron chi connectivity index (χ1n) is 6.34. The molecule has 0 aliphatic carbocycles. The monoisotopic (exact) mass is 297 g/mol. The van der Waals surface area contributed by atoms with Crippen molar-refractivity contribution in [1.82, 2.24) is 9.21 Å². The molecule has 2 rings (SSSR count). The van der Waals surface area contributed by atoms with Crippen molar-refractivity contribution in [2.45, 2.75) is 18.7 Å². The second kappa shape index (κ2) is 5.06. The third-order valence-electron chi connectivity index (χ3n) is 3.74. The Morgan fingerprint density at radius 3 is 2.40 bits per heavy atom. The van der Waals surface area contributed by atoms with Crippen LogP contribution in [0.5, 0.6) is 0 Å². The summed E-state index contributed by atoms with van der Waals surface area (Å²) in [4.78, 5) is 13.3. The maximum atomic E-state index is 12.6. The number of nitrogens with zero attached hydrogens (tertiary/aromatic N) is 2. The zero-order chi connectivity index (χ0) is 15.1. The zero-order valence-electron chi connectivity index (χ0n) is 11.9. The van der Waals surface area contributed by atoms with Crippen LogP contribution >= 0.6 is 0 Å². The number of rotatable bonds is 2. The van der Waals surface area contributed by atoms with E-state index in [0.717, 1.165) is 11.1 Å². The number of hydrogen-bond donors (Lipinski definition) is 1. The van der Waals surface area contributed by atoms with Gasteiger partial charge in [0.05, 0.1) is 11.4 Å². The van der Waals surface area contributed by atoms with Crippen LogP contribution < -0.4 is 5.73 Å². The molecule has 7 heteroatoms. The number of carbonyl (C=O) groups excluding carboxylic acids is 1. The van der Waals surface area contributed by atoms with Crippen LogP contribution in [0.25, 0.3) is 0 Å². The lowest BCUT2D eigenvalue weighted by atomic mass is 10.1. The van der Waals surface area contributed by atoms with Gasteiger partial charge in [0.25, 0.3) is 0 Å². The molecule has 0 aromatic heterocycles. The molecular formula is C13H19N3O3S. The molecule has 1 aliphatic rings. The molecule has 1 amide bonds. The quantitative estimate of drug-likeness (QED) is 0.798. The Labute approximate surface area is 119 Å². The number of likely N-dealkylation sites (N-methyl/N-ethyl adjacent to an activating group) is 1. The Morgan fingerprint density at radius 1 is 1.20 bits per heavy atom. The summed E-state index contributed by atoms with van der Waals surface area (Å²) in [5.74, 6) is -0.198. The first kappa shape index (κ1) is 14.8. The van der Waals surface area contributed by atoms with Crippen molar-refractivity contribution < 1.29 is 13.2 Å². The van der Waals surface area contributed by atoms with Crippen LogP contribution in [0.3, 0.4) is 0 Å². The van der Waals surface area contributed by atoms with Gasteiger partial charge in [0, 0.05) is 25.8 Å². The minimum absolute atomic E-state index is 0.119. The van der Waals surface area contributed by atoms with Crippen LogP contribution in [0, 0.1) is 13.8 Å². The van der Waals surface area contributed by atoms with Crippen molar-refractivity contribution >= 4 is 21.6 Å². The molecular weight excluding hydrogens is 278 g/mol. The van der Waals surface area contributed by atoms with Crippen molar-refractivity contribution in [1.29, 1.82) is 0 Å². The average Bonchev–Trinajstić information content (AvgIpc) is 2.38. The maximum Gasteiger partial charge on any atom is 0.243 e. The first-order chi connectivity index (χ1) is 9.23. The highest BCUT2D eigenvalue weighted by molar-refractivity contribution is 7.89. The first-order valence-corrected chi connectivity index (χ1v) is 7.78. The Morgan fingerprint density at radius 2 is 1.85 bits per heavy atom. The van der Waals surface area contributed by atoms with E-state index in [-0.39, 0.29) is 17.3 Å². The van der Waals surface area contributed by atoms with Crippen LogP contribution in [0.15, 0.2) is 17.0 Å². The fourth-order valence-electron chi connectivity index (χ4n) is 2.09. The third-order valence-corrected chi connectivity index (χ3v) is 5.56. The van der Waals surface area contributed by atoms with Gasteiger partial charge in [-0.05, 0) is 37.1 Å². The van der Waals surface area contributed by atoms with E-state index >= 15 is 0 Å². The number of piperazine rings is 1. The number of hydrogen-bond acceptors (Lipinski definition) is 4. The lowest BCUT2D eigenvalue weighted by Gasteiger charge is -2.31. The summed E-state index contributed by atoms with van der Waals surface area (Å²) in [7, 11) is -2.01. The van der Waals surface area contributed by atoms with Crippen LogP contribution in [-0.4, -0.2) is 50.2 Å². The highest BCUT2D eigenvalue weighted by Crippen LogP contribution is 2.24. The Balaban J connectivity index is 2.38. The van der Waals surface area contributed by atoms with E-state index in [9.17, 15) is 13.2 Å². The summed E-state index contributed by atoms with van der Waals surface area (Å²) >= 11 is 0. The molecule has 0 spiro atoms. The number of sulfonamides is 1. The van der Waals surface area contributed by atoms with Gasteiger partial charge < -0.3 is 10.6 Å². The third kappa shape index (κ3) is 2.51. The molecule has 0 atom stereocenters. The van der Waals surface area contributed by atoms with Gasteiger partial charge in [-0.15, -0.1) is 0 Å². The van der Waals surface area contributed by atoms with Gasteiger partial charge in [0.15, 0.2) is 0 Å². The van der Waals surface area contributed by atoms with Crippen LogP contribution in [-0.2, 0) is 14.8 Å². The Hall–Kier alpha value is -1.60. The summed E-state index contributed by atoms with van der Waals surface area (Å²) in [5.41, 5.74) is 7.98. The van der Waals surface area contributed by atoms with E-state index in [1.54, 1.807) is 13.1 Å². The molecule has 1 aromatic rings. The molecule has 1 aliphatic heterocycles. The number of carbonyl (C=O) groups is 1.